The minimum absolute atomic E-state index is 0.00972. The van der Waals surface area contributed by atoms with Crippen molar-refractivity contribution < 1.29 is 14.3 Å². The van der Waals surface area contributed by atoms with E-state index in [2.05, 4.69) is 30.3 Å². The summed E-state index contributed by atoms with van der Waals surface area (Å²) in [4.78, 5) is 30.4. The minimum atomic E-state index is -0.761. The molecule has 1 aliphatic rings. The van der Waals surface area contributed by atoms with Gasteiger partial charge in [-0.2, -0.15) is 19.5 Å². The molecule has 3 aromatic heterocycles. The second-order valence-electron chi connectivity index (χ2n) is 9.31. The number of hydrogen-bond donors (Lipinski definition) is 3. The number of β-amino-alcohol motifs (C(OH)–C–C–N with tert-alkyl or cyclic N) is 1. The maximum absolute atomic E-state index is 13.3. The Morgan fingerprint density at radius 3 is 2.58 bits per heavy atom. The van der Waals surface area contributed by atoms with Gasteiger partial charge in [0, 0.05) is 32.7 Å². The van der Waals surface area contributed by atoms with Crippen molar-refractivity contribution in [3.8, 4) is 11.6 Å². The van der Waals surface area contributed by atoms with Crippen molar-refractivity contribution in [2.45, 2.75) is 39.3 Å². The van der Waals surface area contributed by atoms with E-state index < -0.39 is 11.6 Å². The lowest BCUT2D eigenvalue weighted by Gasteiger charge is -2.39. The third-order valence-corrected chi connectivity index (χ3v) is 5.49. The van der Waals surface area contributed by atoms with Crippen LogP contribution in [0.3, 0.4) is 0 Å². The fourth-order valence-electron chi connectivity index (χ4n) is 3.90. The van der Waals surface area contributed by atoms with E-state index in [0.29, 0.717) is 44.3 Å². The fraction of sp³-hybridized carbons (Fsp3) is 0.571. The molecule has 3 aromatic rings. The number of carbonyl (C=O) groups is 1. The molecule has 0 radical (unpaired) electrons. The molecule has 33 heavy (non-hydrogen) atoms. The summed E-state index contributed by atoms with van der Waals surface area (Å²) in [6.45, 7) is 10.7. The molecule has 12 heteroatoms. The van der Waals surface area contributed by atoms with Gasteiger partial charge in [-0.15, -0.1) is 5.10 Å². The molecular weight excluding hydrogens is 426 g/mol. The Bertz CT molecular complexity index is 1100. The average molecular weight is 458 g/mol. The van der Waals surface area contributed by atoms with E-state index in [4.69, 9.17) is 10.2 Å². The lowest BCUT2D eigenvalue weighted by Crippen LogP contribution is -2.55. The van der Waals surface area contributed by atoms with Crippen LogP contribution in [0.4, 0.5) is 11.9 Å². The summed E-state index contributed by atoms with van der Waals surface area (Å²) >= 11 is 0. The van der Waals surface area contributed by atoms with Gasteiger partial charge < -0.3 is 25.5 Å². The van der Waals surface area contributed by atoms with Crippen molar-refractivity contribution in [1.82, 2.24) is 34.4 Å². The molecule has 4 heterocycles. The van der Waals surface area contributed by atoms with Crippen LogP contribution < -0.4 is 11.1 Å². The monoisotopic (exact) mass is 457 g/mol. The maximum Gasteiger partial charge on any atom is 0.259 e. The number of aromatic nitrogens is 5. The summed E-state index contributed by atoms with van der Waals surface area (Å²) in [5, 5.41) is 17.5. The molecule has 1 amide bonds. The lowest BCUT2D eigenvalue weighted by molar-refractivity contribution is -0.135. The Morgan fingerprint density at radius 1 is 1.24 bits per heavy atom. The van der Waals surface area contributed by atoms with E-state index in [1.807, 2.05) is 18.7 Å². The molecule has 4 rings (SSSR count). The van der Waals surface area contributed by atoms with Crippen molar-refractivity contribution in [2.24, 2.45) is 5.92 Å². The Labute approximate surface area is 191 Å². The van der Waals surface area contributed by atoms with E-state index in [9.17, 15) is 9.90 Å². The SMILES string of the molecule is CC(C)[C@H](Nc1nc(N)n2nc(-c3ccco3)nc2n1)C(=O)N1CCN(CC(C)(C)O)CC1. The van der Waals surface area contributed by atoms with E-state index >= 15 is 0 Å². The summed E-state index contributed by atoms with van der Waals surface area (Å²) in [6, 6.07) is 2.96. The number of fused-ring (bicyclic) bond motifs is 1. The quantitative estimate of drug-likeness (QED) is 0.463. The third-order valence-electron chi connectivity index (χ3n) is 5.49. The maximum atomic E-state index is 13.3. The van der Waals surface area contributed by atoms with Crippen LogP contribution in [-0.4, -0.2) is 89.7 Å². The lowest BCUT2D eigenvalue weighted by atomic mass is 10.0. The van der Waals surface area contributed by atoms with Gasteiger partial charge >= 0.3 is 0 Å². The van der Waals surface area contributed by atoms with Gasteiger partial charge in [-0.05, 0) is 31.9 Å². The molecule has 1 atom stereocenters. The van der Waals surface area contributed by atoms with E-state index in [1.54, 1.807) is 26.0 Å². The van der Waals surface area contributed by atoms with Gasteiger partial charge in [0.05, 0.1) is 11.9 Å². The molecule has 0 saturated carbocycles. The largest absolute Gasteiger partial charge is 0.461 e. The first-order chi connectivity index (χ1) is 15.6. The first-order valence-corrected chi connectivity index (χ1v) is 11.0. The fourth-order valence-corrected chi connectivity index (χ4v) is 3.90. The summed E-state index contributed by atoms with van der Waals surface area (Å²) in [7, 11) is 0. The zero-order valence-corrected chi connectivity index (χ0v) is 19.4. The first-order valence-electron chi connectivity index (χ1n) is 11.0. The predicted molar refractivity (Wildman–Crippen MR) is 122 cm³/mol. The van der Waals surface area contributed by atoms with Crippen LogP contribution in [-0.2, 0) is 4.79 Å². The van der Waals surface area contributed by atoms with Crippen LogP contribution in [0.1, 0.15) is 27.7 Å². The highest BCUT2D eigenvalue weighted by atomic mass is 16.3. The number of carbonyl (C=O) groups excluding carboxylic acids is 1. The molecule has 1 fully saturated rings. The van der Waals surface area contributed by atoms with Crippen molar-refractivity contribution in [1.29, 1.82) is 0 Å². The van der Waals surface area contributed by atoms with Gasteiger partial charge in [0.2, 0.25) is 23.6 Å². The number of furan rings is 1. The zero-order valence-electron chi connectivity index (χ0n) is 19.4. The number of rotatable bonds is 7. The summed E-state index contributed by atoms with van der Waals surface area (Å²) in [5.74, 6) is 1.38. The highest BCUT2D eigenvalue weighted by Gasteiger charge is 2.31. The Kier molecular flexibility index (Phi) is 6.21. The summed E-state index contributed by atoms with van der Waals surface area (Å²) in [5.41, 5.74) is 5.32. The summed E-state index contributed by atoms with van der Waals surface area (Å²) in [6.07, 6.45) is 1.53. The molecule has 1 aliphatic heterocycles. The third kappa shape index (κ3) is 5.22. The van der Waals surface area contributed by atoms with Gasteiger partial charge in [0.15, 0.2) is 5.76 Å². The second kappa shape index (κ2) is 8.94. The van der Waals surface area contributed by atoms with Crippen LogP contribution in [0.2, 0.25) is 0 Å². The Balaban J connectivity index is 1.48. The topological polar surface area (TPSA) is 151 Å². The number of nitrogens with zero attached hydrogens (tertiary/aromatic N) is 7. The molecule has 0 spiro atoms. The Morgan fingerprint density at radius 2 is 1.97 bits per heavy atom. The predicted octanol–water partition coefficient (Wildman–Crippen LogP) is 0.713. The number of aliphatic hydroxyl groups is 1. The Hall–Kier alpha value is -3.25. The molecular formula is C21H31N9O3. The number of nitrogens with two attached hydrogens (primary N) is 1. The standard InChI is InChI=1S/C21H31N9O3/c1-13(2)15(17(31)29-9-7-28(8-10-29)12-21(3,4)32)23-19-25-18(22)30-20(26-19)24-16(27-30)14-6-5-11-33-14/h5-6,11,13,15,32H,7-10,12H2,1-4H3,(H3,22,23,24,25,26,27)/t15-/m0/s1. The molecule has 0 unspecified atom stereocenters. The van der Waals surface area contributed by atoms with Gasteiger partial charge in [-0.1, -0.05) is 13.8 Å². The van der Waals surface area contributed by atoms with Crippen LogP contribution >= 0.6 is 0 Å². The molecule has 4 N–H and O–H groups in total. The zero-order chi connectivity index (χ0) is 23.8. The first kappa shape index (κ1) is 22.9. The minimum Gasteiger partial charge on any atom is -0.461 e. The number of anilines is 2. The van der Waals surface area contributed by atoms with Crippen molar-refractivity contribution >= 4 is 23.6 Å². The molecule has 0 aromatic carbocycles. The van der Waals surface area contributed by atoms with Gasteiger partial charge in [0.1, 0.15) is 6.04 Å². The van der Waals surface area contributed by atoms with Gasteiger partial charge in [-0.25, -0.2) is 0 Å². The van der Waals surface area contributed by atoms with Crippen LogP contribution in [0.15, 0.2) is 22.8 Å². The smallest absolute Gasteiger partial charge is 0.259 e. The van der Waals surface area contributed by atoms with E-state index in [1.165, 1.54) is 10.8 Å². The molecule has 0 aliphatic carbocycles. The van der Waals surface area contributed by atoms with Crippen molar-refractivity contribution in [3.63, 3.8) is 0 Å². The second-order valence-corrected chi connectivity index (χ2v) is 9.31. The number of nitrogens with one attached hydrogen (secondary N) is 1. The molecule has 0 bridgehead atoms. The van der Waals surface area contributed by atoms with Crippen LogP contribution in [0, 0.1) is 5.92 Å². The molecule has 178 valence electrons. The molecule has 12 nitrogen and oxygen atoms in total. The highest BCUT2D eigenvalue weighted by molar-refractivity contribution is 5.84. The number of piperazine rings is 1. The number of amides is 1. The number of nitrogen functional groups attached to an aromatic ring is 1. The number of hydrogen-bond acceptors (Lipinski definition) is 10. The van der Waals surface area contributed by atoms with Crippen LogP contribution in [0.25, 0.3) is 17.4 Å². The highest BCUT2D eigenvalue weighted by Crippen LogP contribution is 2.19. The van der Waals surface area contributed by atoms with Crippen molar-refractivity contribution in [2.75, 3.05) is 43.8 Å². The van der Waals surface area contributed by atoms with E-state index in [0.717, 1.165) is 0 Å². The van der Waals surface area contributed by atoms with Gasteiger partial charge in [-0.3, -0.25) is 9.69 Å². The molecule has 1 saturated heterocycles. The van der Waals surface area contributed by atoms with Gasteiger partial charge in [0.25, 0.3) is 5.78 Å². The normalized spacial score (nSPS) is 16.5. The average Bonchev–Trinajstić information content (AvgIpc) is 3.40. The van der Waals surface area contributed by atoms with E-state index in [-0.39, 0.29) is 29.5 Å². The van der Waals surface area contributed by atoms with Crippen LogP contribution in [0.5, 0.6) is 0 Å². The summed E-state index contributed by atoms with van der Waals surface area (Å²) < 4.78 is 6.67. The van der Waals surface area contributed by atoms with Crippen molar-refractivity contribution in [3.05, 3.63) is 18.4 Å².